The number of hydrogen-bond acceptors (Lipinski definition) is 15. The second-order valence-corrected chi connectivity index (χ2v) is 9.87. The minimum absolute atomic E-state index is 0.139. The average molecular weight is 599 g/mol. The number of carboxylic acid groups (broad SMARTS) is 2. The van der Waals surface area contributed by atoms with Gasteiger partial charge in [-0.3, -0.25) is 0 Å². The summed E-state index contributed by atoms with van der Waals surface area (Å²) in [7, 11) is 12.4. The monoisotopic (exact) mass is 598 g/mol. The Morgan fingerprint density at radius 1 is 0.700 bits per heavy atom. The van der Waals surface area contributed by atoms with Gasteiger partial charge in [0.1, 0.15) is 25.3 Å². The number of nitrogens with two attached hydrogens (primary N) is 2. The zero-order chi connectivity index (χ0) is 33.4. The molecule has 2 unspecified atom stereocenters. The van der Waals surface area contributed by atoms with E-state index in [1.807, 2.05) is 0 Å². The van der Waals surface area contributed by atoms with Gasteiger partial charge in [0.15, 0.2) is 0 Å². The molecule has 0 spiro atoms. The van der Waals surface area contributed by atoms with Crippen molar-refractivity contribution in [1.82, 2.24) is 0 Å². The molecule has 0 radical (unpaired) electrons. The molecule has 2 atom stereocenters. The lowest BCUT2D eigenvalue weighted by atomic mass is 10.4. The molecule has 17 heteroatoms. The van der Waals surface area contributed by atoms with Crippen molar-refractivity contribution in [2.24, 2.45) is 11.5 Å². The Kier molecular flexibility index (Phi) is 45.4. The molecule has 12 N–H and O–H groups in total. The number of ether oxygens (including phenoxy) is 1. The van der Waals surface area contributed by atoms with Crippen molar-refractivity contribution in [3.05, 3.63) is 0 Å². The number of hydrogen-bond donors (Lipinski definition) is 10. The van der Waals surface area contributed by atoms with Crippen LogP contribution in [0.5, 0.6) is 0 Å². The summed E-state index contributed by atoms with van der Waals surface area (Å²) >= 11 is 0. The lowest BCUT2D eigenvalue weighted by molar-refractivity contribution is -0.870. The van der Waals surface area contributed by atoms with E-state index >= 15 is 0 Å². The molecule has 0 saturated heterocycles. The van der Waals surface area contributed by atoms with Crippen LogP contribution in [0, 0.1) is 0 Å². The van der Waals surface area contributed by atoms with E-state index in [0.717, 1.165) is 22.1 Å². The normalized spacial score (nSPS) is 11.8. The number of carbonyl (C=O) groups excluding carboxylic acids is 2. The molecule has 0 aromatic rings. The smallest absolute Gasteiger partial charge is 0.102 e. The molecule has 17 nitrogen and oxygen atoms in total. The predicted octanol–water partition coefficient (Wildman–Crippen LogP) is -8.17. The standard InChI is InChI=1S/C8H20NO3.C5H14NO.C3H8O3.C3H8O2.2C2H5NO2/c1-9(2,3)4-5-12-7-8(11)6-10;1-6(2,3)4-5-7;4-1-3(6)2-5;1-3(5)2-4;2*3-1-2(4)5/h8,10-11H,4-7H2,1-3H3;7H,4-5H2,1-3H3;3-6H,1-2H2;3-5H,2H2,1H3;2*1,3H2,(H,4,5)/q2*+1;;;;/p-2. The fraction of sp³-hybridized carbons (Fsp3) is 0.913. The van der Waals surface area contributed by atoms with E-state index in [-0.39, 0.29) is 52.7 Å². The number of quaternary nitrogens is 2. The Balaban J connectivity index is -0.0000000905. The van der Waals surface area contributed by atoms with Crippen LogP contribution in [0.25, 0.3) is 0 Å². The van der Waals surface area contributed by atoms with E-state index in [1.165, 1.54) is 6.92 Å². The van der Waals surface area contributed by atoms with Gasteiger partial charge in [-0.15, -0.1) is 0 Å². The van der Waals surface area contributed by atoms with Gasteiger partial charge in [0.2, 0.25) is 0 Å². The first-order chi connectivity index (χ1) is 18.1. The Hall–Kier alpha value is -1.58. The van der Waals surface area contributed by atoms with Crippen LogP contribution in [0.4, 0.5) is 0 Å². The van der Waals surface area contributed by atoms with E-state index in [4.69, 9.17) is 65.4 Å². The third kappa shape index (κ3) is 90.9. The molecule has 0 aromatic carbocycles. The highest BCUT2D eigenvalue weighted by Gasteiger charge is 2.07. The number of aliphatic carboxylic acids is 2. The lowest BCUT2D eigenvalue weighted by Crippen LogP contribution is -2.38. The number of nitrogens with zero attached hydrogens (tertiary/aromatic N) is 2. The highest BCUT2D eigenvalue weighted by molar-refractivity contribution is 5.66. The molecule has 0 aliphatic heterocycles. The molecule has 40 heavy (non-hydrogen) atoms. The van der Waals surface area contributed by atoms with Crippen molar-refractivity contribution in [3.63, 3.8) is 0 Å². The zero-order valence-electron chi connectivity index (χ0n) is 25.2. The zero-order valence-corrected chi connectivity index (χ0v) is 25.2. The number of carboxylic acids is 2. The van der Waals surface area contributed by atoms with Crippen LogP contribution in [0.3, 0.4) is 0 Å². The first-order valence-corrected chi connectivity index (χ1v) is 12.2. The first kappa shape index (κ1) is 51.2. The fourth-order valence-electron chi connectivity index (χ4n) is 0.968. The minimum Gasteiger partial charge on any atom is -0.549 e. The van der Waals surface area contributed by atoms with Crippen molar-refractivity contribution in [3.8, 4) is 0 Å². The van der Waals surface area contributed by atoms with Crippen LogP contribution in [0.15, 0.2) is 0 Å². The first-order valence-electron chi connectivity index (χ1n) is 12.2. The molecule has 0 heterocycles. The average Bonchev–Trinajstić information content (AvgIpc) is 2.86. The minimum atomic E-state index is -1.22. The van der Waals surface area contributed by atoms with Crippen LogP contribution in [-0.4, -0.2) is 195 Å². The van der Waals surface area contributed by atoms with Crippen LogP contribution in [-0.2, 0) is 14.3 Å². The van der Waals surface area contributed by atoms with Crippen molar-refractivity contribution in [2.75, 3.05) is 115 Å². The Morgan fingerprint density at radius 3 is 1.12 bits per heavy atom. The quantitative estimate of drug-likeness (QED) is 0.0695. The summed E-state index contributed by atoms with van der Waals surface area (Å²) in [5.41, 5.74) is 9.02. The molecule has 0 aliphatic rings. The third-order valence-corrected chi connectivity index (χ3v) is 3.22. The maximum absolute atomic E-state index is 9.13. The van der Waals surface area contributed by atoms with E-state index in [9.17, 15) is 0 Å². The number of carbonyl (C=O) groups is 2. The topological polar surface area (TPSA) is 303 Å². The van der Waals surface area contributed by atoms with E-state index in [2.05, 4.69) is 53.8 Å². The van der Waals surface area contributed by atoms with E-state index < -0.39 is 30.3 Å². The van der Waals surface area contributed by atoms with Crippen molar-refractivity contribution >= 4 is 11.9 Å². The molecule has 0 aliphatic carbocycles. The molecular formula is C23H58N4O13. The Bertz CT molecular complexity index is 500. The molecule has 0 fully saturated rings. The van der Waals surface area contributed by atoms with Crippen LogP contribution in [0.2, 0.25) is 0 Å². The SMILES string of the molecule is CC(O)CO.C[N+](C)(C)CCO.C[N+](C)(C)CCOCC(O)CO.NCC(=O)[O-].NCC(=O)[O-].OCC(O)CO. The van der Waals surface area contributed by atoms with Gasteiger partial charge in [-0.1, -0.05) is 0 Å². The summed E-state index contributed by atoms with van der Waals surface area (Å²) in [5.74, 6) is -2.44. The molecule has 248 valence electrons. The largest absolute Gasteiger partial charge is 0.549 e. The number of likely N-dealkylation sites (N-methyl/N-ethyl adjacent to an activating group) is 2. The molecule has 0 saturated carbocycles. The summed E-state index contributed by atoms with van der Waals surface area (Å²) < 4.78 is 6.82. The second kappa shape index (κ2) is 35.4. The number of aliphatic hydroxyl groups excluding tert-OH is 8. The van der Waals surface area contributed by atoms with Crippen LogP contribution >= 0.6 is 0 Å². The van der Waals surface area contributed by atoms with Crippen molar-refractivity contribution in [1.29, 1.82) is 0 Å². The van der Waals surface area contributed by atoms with Crippen LogP contribution < -0.4 is 21.7 Å². The molecule has 0 amide bonds. The van der Waals surface area contributed by atoms with Crippen LogP contribution in [0.1, 0.15) is 6.92 Å². The maximum atomic E-state index is 9.13. The van der Waals surface area contributed by atoms with Crippen molar-refractivity contribution in [2.45, 2.75) is 25.2 Å². The van der Waals surface area contributed by atoms with Gasteiger partial charge in [-0.25, -0.2) is 0 Å². The predicted molar refractivity (Wildman–Crippen MR) is 144 cm³/mol. The Labute approximate surface area is 238 Å². The third-order valence-electron chi connectivity index (χ3n) is 3.22. The highest BCUT2D eigenvalue weighted by Crippen LogP contribution is 1.90. The molecule has 0 rings (SSSR count). The van der Waals surface area contributed by atoms with Gasteiger partial charge >= 0.3 is 0 Å². The maximum Gasteiger partial charge on any atom is 0.102 e. The summed E-state index contributed by atoms with van der Waals surface area (Å²) in [6, 6.07) is 0. The van der Waals surface area contributed by atoms with E-state index in [1.54, 1.807) is 0 Å². The summed E-state index contributed by atoms with van der Waals surface area (Å²) in [4.78, 5) is 18.3. The van der Waals surface area contributed by atoms with Crippen molar-refractivity contribution < 1.29 is 74.4 Å². The molecule has 0 bridgehead atoms. The summed E-state index contributed by atoms with van der Waals surface area (Å²) in [6.07, 6.45) is -2.25. The molecular weight excluding hydrogens is 540 g/mol. The van der Waals surface area contributed by atoms with Gasteiger partial charge in [0.05, 0.1) is 107 Å². The van der Waals surface area contributed by atoms with Gasteiger partial charge in [-0.2, -0.15) is 0 Å². The van der Waals surface area contributed by atoms with Gasteiger partial charge < -0.3 is 85.8 Å². The van der Waals surface area contributed by atoms with Gasteiger partial charge in [0.25, 0.3) is 0 Å². The summed E-state index contributed by atoms with van der Waals surface area (Å²) in [5, 5.41) is 84.0. The summed E-state index contributed by atoms with van der Waals surface area (Å²) in [6.45, 7) is 2.50. The molecule has 0 aromatic heterocycles. The van der Waals surface area contributed by atoms with Gasteiger partial charge in [0, 0.05) is 13.1 Å². The van der Waals surface area contributed by atoms with Gasteiger partial charge in [-0.05, 0) is 6.92 Å². The van der Waals surface area contributed by atoms with E-state index in [0.29, 0.717) is 6.61 Å². The fourth-order valence-corrected chi connectivity index (χ4v) is 0.968. The number of rotatable bonds is 13. The number of aliphatic hydroxyl groups is 8. The highest BCUT2D eigenvalue weighted by atomic mass is 16.5. The Morgan fingerprint density at radius 2 is 1.00 bits per heavy atom. The second-order valence-electron chi connectivity index (χ2n) is 9.87. The lowest BCUT2D eigenvalue weighted by Gasteiger charge is -2.23.